The van der Waals surface area contributed by atoms with Crippen LogP contribution in [0.4, 0.5) is 23.8 Å². The molecular weight excluding hydrogens is 533 g/mol. The molecule has 4 rings (SSSR count). The molecule has 0 spiro atoms. The number of amides is 2. The fourth-order valence-corrected chi connectivity index (χ4v) is 5.77. The molecule has 0 unspecified atom stereocenters. The Morgan fingerprint density at radius 1 is 1.13 bits per heavy atom. The van der Waals surface area contributed by atoms with Gasteiger partial charge in [0.25, 0.3) is 5.91 Å². The summed E-state index contributed by atoms with van der Waals surface area (Å²) in [6, 6.07) is 9.37. The van der Waals surface area contributed by atoms with Gasteiger partial charge in [-0.3, -0.25) is 4.79 Å². The number of rotatable bonds is 11. The predicted molar refractivity (Wildman–Crippen MR) is 143 cm³/mol. The van der Waals surface area contributed by atoms with E-state index in [9.17, 15) is 22.8 Å². The predicted octanol–water partition coefficient (Wildman–Crippen LogP) is 4.33. The summed E-state index contributed by atoms with van der Waals surface area (Å²) in [7, 11) is 1.93. The van der Waals surface area contributed by atoms with Crippen LogP contribution in [-0.4, -0.2) is 65.5 Å². The number of carbonyl (C=O) groups excluding carboxylic acids is 1. The fourth-order valence-electron chi connectivity index (χ4n) is 4.75. The van der Waals surface area contributed by atoms with E-state index in [2.05, 4.69) is 30.8 Å². The molecule has 2 aromatic heterocycles. The highest BCUT2D eigenvalue weighted by molar-refractivity contribution is 7.18. The summed E-state index contributed by atoms with van der Waals surface area (Å²) >= 11 is 1.06. The number of thiophene rings is 1. The molecule has 2 atom stereocenters. The topological polar surface area (TPSA) is 119 Å². The number of anilines is 1. The molecule has 9 nitrogen and oxygen atoms in total. The molecule has 1 saturated carbocycles. The smallest absolute Gasteiger partial charge is 0.404 e. The van der Waals surface area contributed by atoms with Crippen LogP contribution in [0.3, 0.4) is 0 Å². The molecule has 13 heteroatoms. The first-order valence-electron chi connectivity index (χ1n) is 12.7. The van der Waals surface area contributed by atoms with Crippen molar-refractivity contribution < 1.29 is 27.9 Å². The molecule has 0 saturated heterocycles. The Balaban J connectivity index is 1.26. The maximum atomic E-state index is 12.9. The second-order valence-corrected chi connectivity index (χ2v) is 10.7. The maximum absolute atomic E-state index is 12.9. The van der Waals surface area contributed by atoms with Crippen LogP contribution in [-0.2, 0) is 13.0 Å². The van der Waals surface area contributed by atoms with E-state index in [0.29, 0.717) is 41.1 Å². The summed E-state index contributed by atoms with van der Waals surface area (Å²) in [6.45, 7) is 1.30. The van der Waals surface area contributed by atoms with Gasteiger partial charge in [0.2, 0.25) is 0 Å². The molecule has 210 valence electrons. The van der Waals surface area contributed by atoms with Gasteiger partial charge in [-0.15, -0.1) is 11.3 Å². The number of carbonyl (C=O) groups is 2. The van der Waals surface area contributed by atoms with Crippen molar-refractivity contribution in [3.63, 3.8) is 0 Å². The minimum absolute atomic E-state index is 0.198. The Bertz CT molecular complexity index is 1280. The van der Waals surface area contributed by atoms with Gasteiger partial charge in [0.1, 0.15) is 17.0 Å². The number of nitrogens with one attached hydrogen (secondary N) is 3. The zero-order valence-electron chi connectivity index (χ0n) is 21.4. The molecule has 1 aliphatic carbocycles. The van der Waals surface area contributed by atoms with Gasteiger partial charge >= 0.3 is 12.3 Å². The van der Waals surface area contributed by atoms with E-state index in [1.54, 1.807) is 18.2 Å². The van der Waals surface area contributed by atoms with Crippen molar-refractivity contribution in [1.82, 2.24) is 25.9 Å². The number of carboxylic acid groups (broad SMARTS) is 1. The van der Waals surface area contributed by atoms with E-state index in [0.717, 1.165) is 36.2 Å². The van der Waals surface area contributed by atoms with E-state index >= 15 is 0 Å². The van der Waals surface area contributed by atoms with E-state index < -0.39 is 18.7 Å². The van der Waals surface area contributed by atoms with E-state index in [1.165, 1.54) is 6.33 Å². The van der Waals surface area contributed by atoms with Gasteiger partial charge in [0, 0.05) is 49.2 Å². The Morgan fingerprint density at radius 2 is 1.87 bits per heavy atom. The zero-order valence-corrected chi connectivity index (χ0v) is 22.2. The number of benzene rings is 1. The molecular formula is C26H31F3N6O3S. The third kappa shape index (κ3) is 8.02. The minimum Gasteiger partial charge on any atom is -0.465 e. The van der Waals surface area contributed by atoms with Crippen molar-refractivity contribution in [2.75, 3.05) is 25.0 Å². The van der Waals surface area contributed by atoms with Crippen molar-refractivity contribution in [3.8, 4) is 0 Å². The molecule has 0 bridgehead atoms. The first kappa shape index (κ1) is 28.6. The van der Waals surface area contributed by atoms with Gasteiger partial charge in [0.05, 0.1) is 11.8 Å². The first-order valence-corrected chi connectivity index (χ1v) is 13.5. The van der Waals surface area contributed by atoms with Crippen molar-refractivity contribution in [2.45, 2.75) is 56.9 Å². The molecule has 0 aliphatic heterocycles. The van der Waals surface area contributed by atoms with E-state index in [4.69, 9.17) is 5.11 Å². The van der Waals surface area contributed by atoms with E-state index in [-0.39, 0.29) is 29.4 Å². The van der Waals surface area contributed by atoms with Gasteiger partial charge in [-0.1, -0.05) is 12.1 Å². The Kier molecular flexibility index (Phi) is 9.23. The Labute approximate surface area is 227 Å². The van der Waals surface area contributed by atoms with Crippen molar-refractivity contribution in [2.24, 2.45) is 0 Å². The van der Waals surface area contributed by atoms with Gasteiger partial charge in [-0.05, 0) is 49.4 Å². The standard InChI is InChI=1S/C26H31F3N6O3S/c1-35(22-21-12-20(13-26(27,28)29)39-24(21)34-15-33-22)19-8-7-18(11-19)32-14-16-3-5-17(6-4-16)23(36)30-9-2-10-31-25(37)38/h3-6,12,15,18-19,31-32H,2,7-11,13-14H2,1H3,(H,30,36)(H,37,38)/t18-,19+/m0/s1. The monoisotopic (exact) mass is 564 g/mol. The number of halogens is 3. The van der Waals surface area contributed by atoms with Crippen molar-refractivity contribution in [1.29, 1.82) is 0 Å². The first-order chi connectivity index (χ1) is 18.6. The summed E-state index contributed by atoms with van der Waals surface area (Å²) in [5.74, 6) is 0.448. The van der Waals surface area contributed by atoms with Gasteiger partial charge in [0.15, 0.2) is 0 Å². The van der Waals surface area contributed by atoms with Crippen LogP contribution in [0, 0.1) is 0 Å². The van der Waals surface area contributed by atoms with Gasteiger partial charge in [-0.2, -0.15) is 13.2 Å². The lowest BCUT2D eigenvalue weighted by atomic mass is 10.1. The summed E-state index contributed by atoms with van der Waals surface area (Å²) in [4.78, 5) is 34.1. The van der Waals surface area contributed by atoms with E-state index in [1.807, 2.05) is 19.2 Å². The third-order valence-corrected chi connectivity index (χ3v) is 7.79. The SMILES string of the molecule is CN(c1ncnc2sc(CC(F)(F)F)cc12)[C@@H]1CC[C@H](NCc2ccc(C(=O)NCCCNC(=O)O)cc2)C1. The molecule has 1 aromatic carbocycles. The molecule has 2 heterocycles. The summed E-state index contributed by atoms with van der Waals surface area (Å²) in [5.41, 5.74) is 1.58. The zero-order chi connectivity index (χ0) is 28.0. The highest BCUT2D eigenvalue weighted by Crippen LogP contribution is 2.35. The molecule has 3 aromatic rings. The van der Waals surface area contributed by atoms with Crippen LogP contribution in [0.1, 0.15) is 46.5 Å². The quantitative estimate of drug-likeness (QED) is 0.256. The van der Waals surface area contributed by atoms with Gasteiger partial charge in [-0.25, -0.2) is 14.8 Å². The molecule has 4 N–H and O–H groups in total. The van der Waals surface area contributed by atoms with Crippen molar-refractivity contribution >= 4 is 39.4 Å². The van der Waals surface area contributed by atoms with Crippen LogP contribution >= 0.6 is 11.3 Å². The summed E-state index contributed by atoms with van der Waals surface area (Å²) < 4.78 is 38.6. The number of alkyl halides is 3. The van der Waals surface area contributed by atoms with Crippen LogP contribution in [0.5, 0.6) is 0 Å². The highest BCUT2D eigenvalue weighted by Gasteiger charge is 2.31. The minimum atomic E-state index is -4.26. The van der Waals surface area contributed by atoms with Crippen LogP contribution in [0.25, 0.3) is 10.2 Å². The van der Waals surface area contributed by atoms with Crippen molar-refractivity contribution in [3.05, 3.63) is 52.7 Å². The number of nitrogens with zero attached hydrogens (tertiary/aromatic N) is 3. The summed E-state index contributed by atoms with van der Waals surface area (Å²) in [6.07, 6.45) is -1.63. The average molecular weight is 565 g/mol. The van der Waals surface area contributed by atoms with Gasteiger partial charge < -0.3 is 26.0 Å². The lowest BCUT2D eigenvalue weighted by Gasteiger charge is -2.26. The number of fused-ring (bicyclic) bond motifs is 1. The highest BCUT2D eigenvalue weighted by atomic mass is 32.1. The fraction of sp³-hybridized carbons (Fsp3) is 0.462. The normalized spacial score (nSPS) is 17.3. The third-order valence-electron chi connectivity index (χ3n) is 6.75. The number of hydrogen-bond acceptors (Lipinski definition) is 7. The average Bonchev–Trinajstić information content (AvgIpc) is 3.52. The van der Waals surface area contributed by atoms with Crippen LogP contribution < -0.4 is 20.9 Å². The Hall–Kier alpha value is -3.45. The number of aromatic nitrogens is 2. The maximum Gasteiger partial charge on any atom is 0.404 e. The molecule has 39 heavy (non-hydrogen) atoms. The summed E-state index contributed by atoms with van der Waals surface area (Å²) in [5, 5.41) is 17.8. The molecule has 1 aliphatic rings. The van der Waals surface area contributed by atoms with Crippen LogP contribution in [0.2, 0.25) is 0 Å². The molecule has 1 fully saturated rings. The van der Waals surface area contributed by atoms with Crippen LogP contribution in [0.15, 0.2) is 36.7 Å². The lowest BCUT2D eigenvalue weighted by molar-refractivity contribution is -0.126. The second kappa shape index (κ2) is 12.6. The second-order valence-electron chi connectivity index (χ2n) is 9.61. The molecule has 2 amide bonds. The lowest BCUT2D eigenvalue weighted by Crippen LogP contribution is -2.33. The Morgan fingerprint density at radius 3 is 2.59 bits per heavy atom. The number of hydrogen-bond donors (Lipinski definition) is 4. The molecule has 0 radical (unpaired) electrons. The largest absolute Gasteiger partial charge is 0.465 e.